The molecule has 0 bridgehead atoms. The van der Waals surface area contributed by atoms with E-state index < -0.39 is 6.04 Å². The van der Waals surface area contributed by atoms with Crippen LogP contribution in [0, 0.1) is 0 Å². The molecule has 190 valence electrons. The minimum Gasteiger partial charge on any atom is -0.494 e. The molecule has 36 heavy (non-hydrogen) atoms. The zero-order valence-corrected chi connectivity index (χ0v) is 21.8. The first-order chi connectivity index (χ1) is 17.5. The molecule has 0 heterocycles. The number of amides is 2. The Labute approximate surface area is 219 Å². The van der Waals surface area contributed by atoms with Crippen molar-refractivity contribution in [3.63, 3.8) is 0 Å². The van der Waals surface area contributed by atoms with E-state index in [4.69, 9.17) is 16.3 Å². The Morgan fingerprint density at radius 1 is 0.944 bits per heavy atom. The summed E-state index contributed by atoms with van der Waals surface area (Å²) in [6.07, 6.45) is 2.02. The fraction of sp³-hybridized carbons (Fsp3) is 0.333. The highest BCUT2D eigenvalue weighted by atomic mass is 35.5. The van der Waals surface area contributed by atoms with Gasteiger partial charge in [-0.15, -0.1) is 0 Å². The topological polar surface area (TPSA) is 58.6 Å². The third-order valence-corrected chi connectivity index (χ3v) is 6.49. The van der Waals surface area contributed by atoms with E-state index >= 15 is 0 Å². The number of halogens is 1. The van der Waals surface area contributed by atoms with Gasteiger partial charge in [-0.3, -0.25) is 9.59 Å². The van der Waals surface area contributed by atoms with Gasteiger partial charge in [0.2, 0.25) is 11.8 Å². The molecule has 0 saturated carbocycles. The molecule has 0 radical (unpaired) electrons. The first-order valence-corrected chi connectivity index (χ1v) is 12.9. The number of para-hydroxylation sites is 1. The molecule has 6 heteroatoms. The van der Waals surface area contributed by atoms with Gasteiger partial charge in [0.1, 0.15) is 11.8 Å². The smallest absolute Gasteiger partial charge is 0.243 e. The Kier molecular flexibility index (Phi) is 10.8. The van der Waals surface area contributed by atoms with E-state index in [0.29, 0.717) is 24.5 Å². The van der Waals surface area contributed by atoms with Crippen LogP contribution in [0.1, 0.15) is 44.2 Å². The van der Waals surface area contributed by atoms with Crippen LogP contribution in [-0.2, 0) is 22.6 Å². The molecular weight excluding hydrogens is 472 g/mol. The van der Waals surface area contributed by atoms with Gasteiger partial charge in [0.25, 0.3) is 0 Å². The van der Waals surface area contributed by atoms with Crippen LogP contribution in [0.3, 0.4) is 0 Å². The second-order valence-electron chi connectivity index (χ2n) is 8.90. The van der Waals surface area contributed by atoms with E-state index in [1.165, 1.54) is 0 Å². The molecule has 0 aliphatic carbocycles. The summed E-state index contributed by atoms with van der Waals surface area (Å²) < 4.78 is 5.77. The number of rotatable bonds is 13. The van der Waals surface area contributed by atoms with Gasteiger partial charge in [-0.1, -0.05) is 85.3 Å². The summed E-state index contributed by atoms with van der Waals surface area (Å²) >= 11 is 6.46. The van der Waals surface area contributed by atoms with Crippen molar-refractivity contribution in [1.82, 2.24) is 10.2 Å². The maximum absolute atomic E-state index is 13.6. The summed E-state index contributed by atoms with van der Waals surface area (Å²) in [5.74, 6) is 0.508. The molecule has 0 aliphatic rings. The lowest BCUT2D eigenvalue weighted by Gasteiger charge is -2.32. The van der Waals surface area contributed by atoms with Gasteiger partial charge in [-0.2, -0.15) is 0 Å². The first-order valence-electron chi connectivity index (χ1n) is 12.5. The Morgan fingerprint density at radius 2 is 1.58 bits per heavy atom. The van der Waals surface area contributed by atoms with Gasteiger partial charge < -0.3 is 15.0 Å². The number of nitrogens with zero attached hydrogens (tertiary/aromatic N) is 1. The predicted octanol–water partition coefficient (Wildman–Crippen LogP) is 6.05. The van der Waals surface area contributed by atoms with Crippen molar-refractivity contribution >= 4 is 23.4 Å². The van der Waals surface area contributed by atoms with Crippen molar-refractivity contribution in [3.05, 3.63) is 101 Å². The van der Waals surface area contributed by atoms with Crippen molar-refractivity contribution in [2.45, 2.75) is 58.2 Å². The van der Waals surface area contributed by atoms with Crippen LogP contribution >= 0.6 is 11.6 Å². The first kappa shape index (κ1) is 27.3. The Balaban J connectivity index is 1.81. The lowest BCUT2D eigenvalue weighted by atomic mass is 10.0. The molecule has 0 fully saturated rings. The summed E-state index contributed by atoms with van der Waals surface area (Å²) in [6, 6.07) is 26.1. The fourth-order valence-corrected chi connectivity index (χ4v) is 4.07. The molecule has 0 unspecified atom stereocenters. The average molecular weight is 507 g/mol. The molecule has 5 nitrogen and oxygen atoms in total. The van der Waals surface area contributed by atoms with Crippen molar-refractivity contribution in [2.24, 2.45) is 0 Å². The minimum absolute atomic E-state index is 0.00677. The normalized spacial score (nSPS) is 12.4. The number of carbonyl (C=O) groups excluding carboxylic acids is 2. The third-order valence-electron chi connectivity index (χ3n) is 6.12. The standard InChI is InChI=1S/C30H35ClN2O3/c1-3-23(2)32-30(35)28(21-24-13-6-4-7-14-24)33(22-25-15-10-11-18-27(25)31)29(34)19-12-20-36-26-16-8-5-9-17-26/h4-11,13-18,23,28H,3,12,19-22H2,1-2H3,(H,32,35)/t23-,28-/m1/s1. The molecule has 0 saturated heterocycles. The third kappa shape index (κ3) is 8.42. The Hall–Kier alpha value is -3.31. The maximum atomic E-state index is 13.6. The van der Waals surface area contributed by atoms with Crippen LogP contribution in [0.25, 0.3) is 0 Å². The number of hydrogen-bond acceptors (Lipinski definition) is 3. The molecular formula is C30H35ClN2O3. The predicted molar refractivity (Wildman–Crippen MR) is 145 cm³/mol. The summed E-state index contributed by atoms with van der Waals surface area (Å²) in [6.45, 7) is 4.66. The highest BCUT2D eigenvalue weighted by Crippen LogP contribution is 2.21. The number of benzene rings is 3. The molecule has 0 aliphatic heterocycles. The molecule has 0 spiro atoms. The summed E-state index contributed by atoms with van der Waals surface area (Å²) in [4.78, 5) is 28.8. The van der Waals surface area contributed by atoms with Crippen LogP contribution in [0.2, 0.25) is 5.02 Å². The van der Waals surface area contributed by atoms with E-state index in [9.17, 15) is 9.59 Å². The van der Waals surface area contributed by atoms with Gasteiger partial charge in [-0.05, 0) is 49.1 Å². The van der Waals surface area contributed by atoms with Crippen LogP contribution in [0.15, 0.2) is 84.9 Å². The maximum Gasteiger partial charge on any atom is 0.243 e. The molecule has 3 rings (SSSR count). The molecule has 1 N–H and O–H groups in total. The van der Waals surface area contributed by atoms with Crippen molar-refractivity contribution in [1.29, 1.82) is 0 Å². The van der Waals surface area contributed by atoms with Crippen LogP contribution < -0.4 is 10.1 Å². The summed E-state index contributed by atoms with van der Waals surface area (Å²) in [5, 5.41) is 3.66. The van der Waals surface area contributed by atoms with Crippen molar-refractivity contribution in [2.75, 3.05) is 6.61 Å². The highest BCUT2D eigenvalue weighted by molar-refractivity contribution is 6.31. The summed E-state index contributed by atoms with van der Waals surface area (Å²) in [7, 11) is 0. The second kappa shape index (κ2) is 14.3. The van der Waals surface area contributed by atoms with Crippen molar-refractivity contribution < 1.29 is 14.3 Å². The van der Waals surface area contributed by atoms with Gasteiger partial charge in [0.05, 0.1) is 6.61 Å². The zero-order chi connectivity index (χ0) is 25.8. The van der Waals surface area contributed by atoms with E-state index in [2.05, 4.69) is 5.32 Å². The van der Waals surface area contributed by atoms with E-state index in [-0.39, 0.29) is 30.8 Å². The number of ether oxygens (including phenoxy) is 1. The van der Waals surface area contributed by atoms with E-state index in [0.717, 1.165) is 23.3 Å². The molecule has 2 amide bonds. The van der Waals surface area contributed by atoms with Gasteiger partial charge in [0.15, 0.2) is 0 Å². The second-order valence-corrected chi connectivity index (χ2v) is 9.31. The summed E-state index contributed by atoms with van der Waals surface area (Å²) in [5.41, 5.74) is 1.80. The van der Waals surface area contributed by atoms with Gasteiger partial charge in [-0.25, -0.2) is 0 Å². The largest absolute Gasteiger partial charge is 0.494 e. The molecule has 3 aromatic carbocycles. The molecule has 3 aromatic rings. The van der Waals surface area contributed by atoms with E-state index in [1.807, 2.05) is 92.7 Å². The minimum atomic E-state index is -0.666. The van der Waals surface area contributed by atoms with Crippen molar-refractivity contribution in [3.8, 4) is 5.75 Å². The van der Waals surface area contributed by atoms with Crippen LogP contribution in [0.5, 0.6) is 5.75 Å². The Bertz CT molecular complexity index is 1090. The van der Waals surface area contributed by atoms with Gasteiger partial charge in [0, 0.05) is 30.5 Å². The average Bonchev–Trinajstić information content (AvgIpc) is 2.90. The SMILES string of the molecule is CC[C@@H](C)NC(=O)[C@@H](Cc1ccccc1)N(Cc1ccccc1Cl)C(=O)CCCOc1ccccc1. The number of hydrogen-bond donors (Lipinski definition) is 1. The lowest BCUT2D eigenvalue weighted by molar-refractivity contribution is -0.141. The van der Waals surface area contributed by atoms with Crippen LogP contribution in [0.4, 0.5) is 0 Å². The van der Waals surface area contributed by atoms with Gasteiger partial charge >= 0.3 is 0 Å². The van der Waals surface area contributed by atoms with E-state index in [1.54, 1.807) is 11.0 Å². The molecule has 2 atom stereocenters. The fourth-order valence-electron chi connectivity index (χ4n) is 3.88. The lowest BCUT2D eigenvalue weighted by Crippen LogP contribution is -2.52. The zero-order valence-electron chi connectivity index (χ0n) is 21.0. The monoisotopic (exact) mass is 506 g/mol. The quantitative estimate of drug-likeness (QED) is 0.287. The molecule has 0 aromatic heterocycles. The number of nitrogens with one attached hydrogen (secondary N) is 1. The Morgan fingerprint density at radius 3 is 2.25 bits per heavy atom. The highest BCUT2D eigenvalue weighted by Gasteiger charge is 2.31. The van der Waals surface area contributed by atoms with Crippen LogP contribution in [-0.4, -0.2) is 35.4 Å². The number of carbonyl (C=O) groups is 2.